The van der Waals surface area contributed by atoms with E-state index in [1.807, 2.05) is 43.4 Å². The number of carbonyl (C=O) groups excluding carboxylic acids is 2. The minimum atomic E-state index is -0.259. The van der Waals surface area contributed by atoms with E-state index in [9.17, 15) is 9.59 Å². The van der Waals surface area contributed by atoms with Crippen LogP contribution >= 0.6 is 11.6 Å². The standard InChI is InChI=1S/C28H29ClN4O3/c1-33-16-21(22(17-33)28(35)31-20-12-13-26(36-2)23(29)15-20)19-10-7-18(8-11-19)9-14-27(34)32-25-6-4-3-5-24(25)30/h3-15,21-22H,16-17,30H2,1-2H3,(H,31,35)(H,32,34)/b14-9+. The first-order valence-electron chi connectivity index (χ1n) is 11.6. The molecule has 0 aromatic heterocycles. The van der Waals surface area contributed by atoms with Crippen molar-refractivity contribution in [2.75, 3.05) is 43.6 Å². The lowest BCUT2D eigenvalue weighted by molar-refractivity contribution is -0.119. The number of hydrogen-bond donors (Lipinski definition) is 3. The predicted octanol–water partition coefficient (Wildman–Crippen LogP) is 4.87. The second kappa shape index (κ2) is 11.3. The summed E-state index contributed by atoms with van der Waals surface area (Å²) in [6.45, 7) is 1.43. The molecule has 3 aromatic carbocycles. The average molecular weight is 505 g/mol. The monoisotopic (exact) mass is 504 g/mol. The van der Waals surface area contributed by atoms with Crippen molar-refractivity contribution in [3.63, 3.8) is 0 Å². The van der Waals surface area contributed by atoms with E-state index in [4.69, 9.17) is 22.1 Å². The lowest BCUT2D eigenvalue weighted by Gasteiger charge is -2.19. The average Bonchev–Trinajstić information content (AvgIpc) is 3.26. The number of carbonyl (C=O) groups is 2. The van der Waals surface area contributed by atoms with Crippen molar-refractivity contribution in [1.29, 1.82) is 0 Å². The minimum Gasteiger partial charge on any atom is -0.495 e. The highest BCUT2D eigenvalue weighted by molar-refractivity contribution is 6.32. The highest BCUT2D eigenvalue weighted by Gasteiger charge is 2.37. The van der Waals surface area contributed by atoms with E-state index in [-0.39, 0.29) is 23.7 Å². The fraction of sp³-hybridized carbons (Fsp3) is 0.214. The van der Waals surface area contributed by atoms with Gasteiger partial charge in [-0.25, -0.2) is 0 Å². The van der Waals surface area contributed by atoms with Gasteiger partial charge in [-0.05, 0) is 54.6 Å². The van der Waals surface area contributed by atoms with Gasteiger partial charge in [0.05, 0.1) is 29.4 Å². The van der Waals surface area contributed by atoms with Crippen LogP contribution in [0.25, 0.3) is 6.08 Å². The summed E-state index contributed by atoms with van der Waals surface area (Å²) in [6, 6.07) is 20.2. The van der Waals surface area contributed by atoms with Crippen LogP contribution in [0.2, 0.25) is 5.02 Å². The summed E-state index contributed by atoms with van der Waals surface area (Å²) in [5.74, 6) is 0.0885. The normalized spacial score (nSPS) is 17.8. The van der Waals surface area contributed by atoms with Gasteiger partial charge in [-0.2, -0.15) is 0 Å². The molecule has 36 heavy (non-hydrogen) atoms. The predicted molar refractivity (Wildman–Crippen MR) is 145 cm³/mol. The molecular formula is C28H29ClN4O3. The molecule has 2 atom stereocenters. The second-order valence-electron chi connectivity index (χ2n) is 8.85. The van der Waals surface area contributed by atoms with E-state index < -0.39 is 0 Å². The van der Waals surface area contributed by atoms with Crippen LogP contribution in [0, 0.1) is 5.92 Å². The molecule has 2 unspecified atom stereocenters. The van der Waals surface area contributed by atoms with Crippen LogP contribution in [0.15, 0.2) is 72.8 Å². The Bertz CT molecular complexity index is 1280. The molecule has 1 aliphatic heterocycles. The van der Waals surface area contributed by atoms with E-state index in [0.29, 0.717) is 34.4 Å². The number of likely N-dealkylation sites (N-methyl/N-ethyl adjacent to an activating group) is 1. The van der Waals surface area contributed by atoms with Crippen LogP contribution in [0.5, 0.6) is 5.75 Å². The Labute approximate surface area is 215 Å². The number of nitrogen functional groups attached to an aromatic ring is 1. The molecule has 1 heterocycles. The molecule has 3 aromatic rings. The molecule has 1 saturated heterocycles. The van der Waals surface area contributed by atoms with Crippen LogP contribution in [0.3, 0.4) is 0 Å². The van der Waals surface area contributed by atoms with Crippen LogP contribution in [0.4, 0.5) is 17.1 Å². The Morgan fingerprint density at radius 1 is 1.06 bits per heavy atom. The minimum absolute atomic E-state index is 0.0473. The molecule has 0 aliphatic carbocycles. The van der Waals surface area contributed by atoms with E-state index in [2.05, 4.69) is 15.5 Å². The Morgan fingerprint density at radius 2 is 1.81 bits per heavy atom. The van der Waals surface area contributed by atoms with Crippen molar-refractivity contribution in [2.24, 2.45) is 5.92 Å². The third kappa shape index (κ3) is 6.05. The van der Waals surface area contributed by atoms with Gasteiger partial charge < -0.3 is 26.0 Å². The van der Waals surface area contributed by atoms with Gasteiger partial charge in [0.25, 0.3) is 0 Å². The Balaban J connectivity index is 1.41. The number of nitrogens with two attached hydrogens (primary N) is 1. The lowest BCUT2D eigenvalue weighted by atomic mass is 9.88. The van der Waals surface area contributed by atoms with Gasteiger partial charge in [-0.1, -0.05) is 48.0 Å². The number of methoxy groups -OCH3 is 1. The fourth-order valence-corrected chi connectivity index (χ4v) is 4.65. The Hall–Kier alpha value is -3.81. The number of para-hydroxylation sites is 2. The Morgan fingerprint density at radius 3 is 2.50 bits per heavy atom. The van der Waals surface area contributed by atoms with Crippen molar-refractivity contribution in [2.45, 2.75) is 5.92 Å². The van der Waals surface area contributed by atoms with Gasteiger partial charge in [0.15, 0.2) is 0 Å². The van der Waals surface area contributed by atoms with E-state index in [1.165, 1.54) is 6.08 Å². The maximum Gasteiger partial charge on any atom is 0.248 e. The number of benzene rings is 3. The quantitative estimate of drug-likeness (QED) is 0.315. The molecular weight excluding hydrogens is 476 g/mol. The Kier molecular flexibility index (Phi) is 7.93. The number of amides is 2. The smallest absolute Gasteiger partial charge is 0.248 e. The summed E-state index contributed by atoms with van der Waals surface area (Å²) >= 11 is 6.21. The second-order valence-corrected chi connectivity index (χ2v) is 9.26. The maximum absolute atomic E-state index is 13.2. The maximum atomic E-state index is 13.2. The first-order valence-corrected chi connectivity index (χ1v) is 12.0. The van der Waals surface area contributed by atoms with Crippen LogP contribution in [-0.4, -0.2) is 44.0 Å². The number of ether oxygens (including phenoxy) is 1. The molecule has 8 heteroatoms. The molecule has 0 radical (unpaired) electrons. The van der Waals surface area contributed by atoms with Gasteiger partial charge in [0, 0.05) is 30.8 Å². The SMILES string of the molecule is COc1ccc(NC(=O)C2CN(C)CC2c2ccc(/C=C/C(=O)Nc3ccccc3N)cc2)cc1Cl. The number of nitrogens with zero attached hydrogens (tertiary/aromatic N) is 1. The molecule has 0 saturated carbocycles. The number of rotatable bonds is 7. The highest BCUT2D eigenvalue weighted by Crippen LogP contribution is 2.34. The zero-order valence-electron chi connectivity index (χ0n) is 20.2. The van der Waals surface area contributed by atoms with Gasteiger partial charge in [0.1, 0.15) is 5.75 Å². The molecule has 1 aliphatic rings. The van der Waals surface area contributed by atoms with Gasteiger partial charge in [0.2, 0.25) is 11.8 Å². The topological polar surface area (TPSA) is 96.7 Å². The molecule has 186 valence electrons. The third-order valence-electron chi connectivity index (χ3n) is 6.27. The van der Waals surface area contributed by atoms with Crippen LogP contribution in [-0.2, 0) is 9.59 Å². The molecule has 1 fully saturated rings. The molecule has 4 N–H and O–H groups in total. The fourth-order valence-electron chi connectivity index (χ4n) is 4.39. The first kappa shape index (κ1) is 25.3. The third-order valence-corrected chi connectivity index (χ3v) is 6.56. The molecule has 0 spiro atoms. The molecule has 4 rings (SSSR count). The molecule has 2 amide bonds. The van der Waals surface area contributed by atoms with Crippen LogP contribution in [0.1, 0.15) is 17.0 Å². The summed E-state index contributed by atoms with van der Waals surface area (Å²) in [7, 11) is 3.56. The summed E-state index contributed by atoms with van der Waals surface area (Å²) in [5, 5.41) is 6.21. The number of hydrogen-bond acceptors (Lipinski definition) is 5. The number of likely N-dealkylation sites (tertiary alicyclic amines) is 1. The zero-order valence-corrected chi connectivity index (χ0v) is 21.0. The molecule has 0 bridgehead atoms. The van der Waals surface area contributed by atoms with Crippen molar-refractivity contribution in [1.82, 2.24) is 4.90 Å². The summed E-state index contributed by atoms with van der Waals surface area (Å²) in [6.07, 6.45) is 3.22. The van der Waals surface area contributed by atoms with Crippen LogP contribution < -0.4 is 21.1 Å². The number of anilines is 3. The van der Waals surface area contributed by atoms with Crippen molar-refractivity contribution in [3.8, 4) is 5.75 Å². The molecule has 7 nitrogen and oxygen atoms in total. The number of halogens is 1. The van der Waals surface area contributed by atoms with Crippen molar-refractivity contribution in [3.05, 3.63) is 89.0 Å². The van der Waals surface area contributed by atoms with Gasteiger partial charge in [-0.15, -0.1) is 0 Å². The first-order chi connectivity index (χ1) is 17.3. The summed E-state index contributed by atoms with van der Waals surface area (Å²) < 4.78 is 5.18. The zero-order chi connectivity index (χ0) is 25.7. The van der Waals surface area contributed by atoms with Crippen molar-refractivity contribution < 1.29 is 14.3 Å². The largest absolute Gasteiger partial charge is 0.495 e. The summed E-state index contributed by atoms with van der Waals surface area (Å²) in [4.78, 5) is 27.6. The number of nitrogens with one attached hydrogen (secondary N) is 2. The summed E-state index contributed by atoms with van der Waals surface area (Å²) in [5.41, 5.74) is 9.56. The van der Waals surface area contributed by atoms with E-state index in [0.717, 1.165) is 17.7 Å². The highest BCUT2D eigenvalue weighted by atomic mass is 35.5. The van der Waals surface area contributed by atoms with E-state index >= 15 is 0 Å². The van der Waals surface area contributed by atoms with Gasteiger partial charge >= 0.3 is 0 Å². The van der Waals surface area contributed by atoms with Gasteiger partial charge in [-0.3, -0.25) is 9.59 Å². The lowest BCUT2D eigenvalue weighted by Crippen LogP contribution is -2.28. The van der Waals surface area contributed by atoms with E-state index in [1.54, 1.807) is 43.5 Å². The van der Waals surface area contributed by atoms with Crippen molar-refractivity contribution >= 4 is 46.6 Å².